The van der Waals surface area contributed by atoms with Crippen molar-refractivity contribution in [2.24, 2.45) is 11.3 Å². The molecule has 1 nitrogen and oxygen atoms in total. The normalized spacial score (nSPS) is 19.8. The molecule has 1 heterocycles. The molecular formula is C15H24ClNS. The Morgan fingerprint density at radius 1 is 1.28 bits per heavy atom. The minimum Gasteiger partial charge on any atom is -0.312 e. The minimum atomic E-state index is 0.198. The molecule has 0 amide bonds. The van der Waals surface area contributed by atoms with Gasteiger partial charge in [-0.15, -0.1) is 11.3 Å². The third kappa shape index (κ3) is 3.97. The summed E-state index contributed by atoms with van der Waals surface area (Å²) in [6, 6.07) is 4.21. The van der Waals surface area contributed by atoms with Gasteiger partial charge in [0.1, 0.15) is 0 Å². The molecule has 1 aromatic rings. The van der Waals surface area contributed by atoms with Gasteiger partial charge < -0.3 is 5.32 Å². The number of hydrogen-bond acceptors (Lipinski definition) is 2. The van der Waals surface area contributed by atoms with Crippen LogP contribution >= 0.6 is 22.9 Å². The first kappa shape index (κ1) is 14.4. The maximum atomic E-state index is 6.04. The summed E-state index contributed by atoms with van der Waals surface area (Å²) in [5.41, 5.74) is 0.574. The monoisotopic (exact) mass is 285 g/mol. The zero-order valence-corrected chi connectivity index (χ0v) is 13.4. The van der Waals surface area contributed by atoms with Gasteiger partial charge in [-0.1, -0.05) is 18.5 Å². The molecule has 0 aliphatic heterocycles. The van der Waals surface area contributed by atoms with E-state index in [-0.39, 0.29) is 5.54 Å². The van der Waals surface area contributed by atoms with Gasteiger partial charge >= 0.3 is 0 Å². The van der Waals surface area contributed by atoms with Crippen molar-refractivity contribution in [3.63, 3.8) is 0 Å². The van der Waals surface area contributed by atoms with Crippen molar-refractivity contribution in [3.05, 3.63) is 21.3 Å². The topological polar surface area (TPSA) is 12.0 Å². The van der Waals surface area contributed by atoms with Crippen LogP contribution in [0.25, 0.3) is 0 Å². The lowest BCUT2D eigenvalue weighted by molar-refractivity contribution is 0.229. The molecular weight excluding hydrogens is 262 g/mol. The molecule has 1 atom stereocenters. The van der Waals surface area contributed by atoms with E-state index in [0.29, 0.717) is 5.41 Å². The van der Waals surface area contributed by atoms with E-state index in [0.717, 1.165) is 23.2 Å². The van der Waals surface area contributed by atoms with E-state index in [1.54, 1.807) is 11.3 Å². The van der Waals surface area contributed by atoms with Crippen molar-refractivity contribution >= 4 is 22.9 Å². The van der Waals surface area contributed by atoms with E-state index in [9.17, 15) is 0 Å². The van der Waals surface area contributed by atoms with Crippen molar-refractivity contribution in [1.29, 1.82) is 0 Å². The predicted octanol–water partition coefficient (Wildman–Crippen LogP) is 4.75. The van der Waals surface area contributed by atoms with Crippen molar-refractivity contribution < 1.29 is 0 Å². The van der Waals surface area contributed by atoms with Gasteiger partial charge in [-0.3, -0.25) is 0 Å². The van der Waals surface area contributed by atoms with Crippen molar-refractivity contribution in [2.75, 3.05) is 6.54 Å². The van der Waals surface area contributed by atoms with Gasteiger partial charge in [-0.2, -0.15) is 0 Å². The van der Waals surface area contributed by atoms with Gasteiger partial charge in [0.25, 0.3) is 0 Å². The zero-order valence-electron chi connectivity index (χ0n) is 11.8. The number of halogens is 1. The van der Waals surface area contributed by atoms with Crippen LogP contribution in [0.5, 0.6) is 0 Å². The van der Waals surface area contributed by atoms with Gasteiger partial charge in [-0.05, 0) is 63.5 Å². The molecule has 0 aromatic carbocycles. The lowest BCUT2D eigenvalue weighted by Crippen LogP contribution is -2.44. The second kappa shape index (κ2) is 5.15. The fourth-order valence-electron chi connectivity index (χ4n) is 2.44. The SMILES string of the molecule is CC(C)(C)NCC(C)(Cc1ccc(Cl)s1)C1CC1. The predicted molar refractivity (Wildman–Crippen MR) is 81.6 cm³/mol. The Labute approximate surface area is 120 Å². The highest BCUT2D eigenvalue weighted by molar-refractivity contribution is 7.16. The Morgan fingerprint density at radius 2 is 1.94 bits per heavy atom. The van der Waals surface area contributed by atoms with E-state index < -0.39 is 0 Å². The molecule has 1 saturated carbocycles. The fourth-order valence-corrected chi connectivity index (χ4v) is 3.73. The number of rotatable bonds is 5. The standard InChI is InChI=1S/C15H24ClNS/c1-14(2,3)17-10-15(4,11-5-6-11)9-12-7-8-13(16)18-12/h7-8,11,17H,5-6,9-10H2,1-4H3. The summed E-state index contributed by atoms with van der Waals surface area (Å²) < 4.78 is 0.909. The van der Waals surface area contributed by atoms with Crippen LogP contribution < -0.4 is 5.32 Å². The highest BCUT2D eigenvalue weighted by Gasteiger charge is 2.41. The number of thiophene rings is 1. The van der Waals surface area contributed by atoms with E-state index in [2.05, 4.69) is 39.1 Å². The van der Waals surface area contributed by atoms with Crippen molar-refractivity contribution in [3.8, 4) is 0 Å². The molecule has 1 aliphatic rings. The summed E-state index contributed by atoms with van der Waals surface area (Å²) in [4.78, 5) is 1.42. The van der Waals surface area contributed by atoms with Crippen molar-refractivity contribution in [2.45, 2.75) is 52.5 Å². The summed E-state index contributed by atoms with van der Waals surface area (Å²) in [7, 11) is 0. The Balaban J connectivity index is 2.02. The smallest absolute Gasteiger partial charge is 0.0931 e. The van der Waals surface area contributed by atoms with E-state index in [1.807, 2.05) is 6.07 Å². The Morgan fingerprint density at radius 3 is 2.39 bits per heavy atom. The summed E-state index contributed by atoms with van der Waals surface area (Å²) >= 11 is 7.77. The van der Waals surface area contributed by atoms with Crippen LogP contribution in [0, 0.1) is 11.3 Å². The molecule has 0 saturated heterocycles. The van der Waals surface area contributed by atoms with E-state index >= 15 is 0 Å². The summed E-state index contributed by atoms with van der Waals surface area (Å²) in [6.07, 6.45) is 3.93. The summed E-state index contributed by atoms with van der Waals surface area (Å²) in [6.45, 7) is 10.2. The Bertz CT molecular complexity index is 403. The van der Waals surface area contributed by atoms with Gasteiger partial charge in [-0.25, -0.2) is 0 Å². The second-order valence-electron chi connectivity index (χ2n) is 6.91. The average Bonchev–Trinajstić information content (AvgIpc) is 3.01. The van der Waals surface area contributed by atoms with Gasteiger partial charge in [0.15, 0.2) is 0 Å². The lowest BCUT2D eigenvalue weighted by atomic mass is 9.80. The van der Waals surface area contributed by atoms with Crippen LogP contribution in [0.15, 0.2) is 12.1 Å². The Hall–Kier alpha value is -0.0500. The second-order valence-corrected chi connectivity index (χ2v) is 8.71. The average molecular weight is 286 g/mol. The van der Waals surface area contributed by atoms with Gasteiger partial charge in [0, 0.05) is 17.0 Å². The van der Waals surface area contributed by atoms with Crippen LogP contribution in [0.4, 0.5) is 0 Å². The molecule has 1 aliphatic carbocycles. The maximum Gasteiger partial charge on any atom is 0.0931 e. The largest absolute Gasteiger partial charge is 0.312 e. The molecule has 1 unspecified atom stereocenters. The van der Waals surface area contributed by atoms with Gasteiger partial charge in [0.05, 0.1) is 4.34 Å². The molecule has 18 heavy (non-hydrogen) atoms. The van der Waals surface area contributed by atoms with Crippen molar-refractivity contribution in [1.82, 2.24) is 5.32 Å². The van der Waals surface area contributed by atoms with Crippen LogP contribution in [0.1, 0.15) is 45.4 Å². The van der Waals surface area contributed by atoms with Crippen LogP contribution in [0.2, 0.25) is 4.34 Å². The van der Waals surface area contributed by atoms with Crippen LogP contribution in [-0.4, -0.2) is 12.1 Å². The lowest BCUT2D eigenvalue weighted by Gasteiger charge is -2.34. The molecule has 1 N–H and O–H groups in total. The van der Waals surface area contributed by atoms with Crippen LogP contribution in [-0.2, 0) is 6.42 Å². The first-order chi connectivity index (χ1) is 8.28. The highest BCUT2D eigenvalue weighted by Crippen LogP contribution is 2.48. The first-order valence-corrected chi connectivity index (χ1v) is 7.97. The summed E-state index contributed by atoms with van der Waals surface area (Å²) in [5.74, 6) is 0.883. The highest BCUT2D eigenvalue weighted by atomic mass is 35.5. The summed E-state index contributed by atoms with van der Waals surface area (Å²) in [5, 5.41) is 3.68. The zero-order chi connectivity index (χ0) is 13.4. The molecule has 3 heteroatoms. The number of nitrogens with one attached hydrogen (secondary N) is 1. The van der Waals surface area contributed by atoms with Crippen LogP contribution in [0.3, 0.4) is 0 Å². The third-order valence-corrected chi connectivity index (χ3v) is 5.02. The quantitative estimate of drug-likeness (QED) is 0.823. The molecule has 1 fully saturated rings. The molecule has 0 bridgehead atoms. The fraction of sp³-hybridized carbons (Fsp3) is 0.733. The molecule has 0 spiro atoms. The molecule has 1 aromatic heterocycles. The van der Waals surface area contributed by atoms with Gasteiger partial charge in [0.2, 0.25) is 0 Å². The maximum absolute atomic E-state index is 6.04. The van der Waals surface area contributed by atoms with E-state index in [4.69, 9.17) is 11.6 Å². The Kier molecular flexibility index (Phi) is 4.10. The van der Waals surface area contributed by atoms with E-state index in [1.165, 1.54) is 17.7 Å². The minimum absolute atomic E-state index is 0.198. The molecule has 102 valence electrons. The first-order valence-electron chi connectivity index (χ1n) is 6.78. The third-order valence-electron chi connectivity index (χ3n) is 3.79. The number of hydrogen-bond donors (Lipinski definition) is 1. The molecule has 0 radical (unpaired) electrons. The molecule has 2 rings (SSSR count).